The van der Waals surface area contributed by atoms with Crippen LogP contribution in [0.1, 0.15) is 18.5 Å². The van der Waals surface area contributed by atoms with Crippen LogP contribution in [0, 0.1) is 0 Å². The van der Waals surface area contributed by atoms with Crippen LogP contribution in [0.15, 0.2) is 10.9 Å². The first-order valence-corrected chi connectivity index (χ1v) is 8.39. The van der Waals surface area contributed by atoms with Crippen molar-refractivity contribution in [2.45, 2.75) is 25.4 Å². The van der Waals surface area contributed by atoms with Gasteiger partial charge in [-0.3, -0.25) is 4.79 Å². The Morgan fingerprint density at radius 1 is 1.67 bits per heavy atom. The quantitative estimate of drug-likeness (QED) is 0.858. The molecule has 100 valence electrons. The largest absolute Gasteiger partial charge is 0.349 e. The van der Waals surface area contributed by atoms with Crippen LogP contribution in [0.2, 0.25) is 0 Å². The van der Waals surface area contributed by atoms with Crippen molar-refractivity contribution in [3.8, 4) is 0 Å². The number of carbonyl (C=O) groups excluding carboxylic acids is 1. The van der Waals surface area contributed by atoms with E-state index < -0.39 is 16.1 Å². The Labute approximate surface area is 110 Å². The van der Waals surface area contributed by atoms with Gasteiger partial charge < -0.3 is 5.32 Å². The Hall–Kier alpha value is -0.990. The summed E-state index contributed by atoms with van der Waals surface area (Å²) in [5.74, 6) is -0.245. The van der Waals surface area contributed by atoms with E-state index in [2.05, 4.69) is 10.3 Å². The van der Waals surface area contributed by atoms with Gasteiger partial charge in [0.1, 0.15) is 6.04 Å². The van der Waals surface area contributed by atoms with Gasteiger partial charge in [-0.05, 0) is 12.8 Å². The van der Waals surface area contributed by atoms with Crippen LogP contribution in [0.3, 0.4) is 0 Å². The van der Waals surface area contributed by atoms with Gasteiger partial charge in [0.2, 0.25) is 15.9 Å². The summed E-state index contributed by atoms with van der Waals surface area (Å²) in [5, 5.41) is 4.58. The highest BCUT2D eigenvalue weighted by atomic mass is 32.2. The zero-order valence-electron chi connectivity index (χ0n) is 10.00. The van der Waals surface area contributed by atoms with Crippen LogP contribution in [0.4, 0.5) is 0 Å². The molecule has 2 heterocycles. The van der Waals surface area contributed by atoms with Gasteiger partial charge in [0.15, 0.2) is 0 Å². The van der Waals surface area contributed by atoms with E-state index in [9.17, 15) is 13.2 Å². The molecule has 0 saturated carbocycles. The Balaban J connectivity index is 1.96. The van der Waals surface area contributed by atoms with E-state index in [0.717, 1.165) is 18.4 Å². The van der Waals surface area contributed by atoms with Gasteiger partial charge in [-0.2, -0.15) is 4.31 Å². The molecule has 0 aromatic carbocycles. The number of rotatable bonds is 4. The molecular formula is C10H15N3O3S2. The number of amides is 1. The lowest BCUT2D eigenvalue weighted by Crippen LogP contribution is -2.45. The van der Waals surface area contributed by atoms with E-state index >= 15 is 0 Å². The molecular weight excluding hydrogens is 274 g/mol. The highest BCUT2D eigenvalue weighted by Crippen LogP contribution is 2.20. The molecule has 1 fully saturated rings. The normalized spacial score (nSPS) is 21.1. The molecule has 1 atom stereocenters. The predicted octanol–water partition coefficient (Wildman–Crippen LogP) is 0.183. The van der Waals surface area contributed by atoms with Crippen LogP contribution in [-0.4, -0.2) is 42.5 Å². The number of sulfonamides is 1. The van der Waals surface area contributed by atoms with E-state index in [1.54, 1.807) is 5.51 Å². The summed E-state index contributed by atoms with van der Waals surface area (Å²) in [6.45, 7) is 0.768. The second-order valence-corrected chi connectivity index (χ2v) is 6.88. The molecule has 0 spiro atoms. The highest BCUT2D eigenvalue weighted by molar-refractivity contribution is 7.88. The lowest BCUT2D eigenvalue weighted by molar-refractivity contribution is -0.124. The van der Waals surface area contributed by atoms with Crippen molar-refractivity contribution in [3.05, 3.63) is 16.6 Å². The van der Waals surface area contributed by atoms with Gasteiger partial charge >= 0.3 is 0 Å². The molecule has 1 aliphatic rings. The molecule has 1 N–H and O–H groups in total. The topological polar surface area (TPSA) is 79.4 Å². The van der Waals surface area contributed by atoms with Crippen LogP contribution < -0.4 is 5.32 Å². The molecule has 1 aliphatic heterocycles. The van der Waals surface area contributed by atoms with Gasteiger partial charge in [-0.15, -0.1) is 11.3 Å². The SMILES string of the molecule is CS(=O)(=O)N1CCCC1C(=O)NCc1cscn1. The first kappa shape index (κ1) is 13.4. The molecule has 0 aliphatic carbocycles. The van der Waals surface area contributed by atoms with E-state index in [1.165, 1.54) is 15.6 Å². The average Bonchev–Trinajstić information content (AvgIpc) is 2.95. The Morgan fingerprint density at radius 2 is 2.44 bits per heavy atom. The van der Waals surface area contributed by atoms with Gasteiger partial charge in [-0.1, -0.05) is 0 Å². The second kappa shape index (κ2) is 5.33. The molecule has 1 unspecified atom stereocenters. The summed E-state index contributed by atoms with van der Waals surface area (Å²) < 4.78 is 24.3. The number of thiazole rings is 1. The molecule has 1 aromatic rings. The number of nitrogens with zero attached hydrogens (tertiary/aromatic N) is 2. The molecule has 1 aromatic heterocycles. The number of nitrogens with one attached hydrogen (secondary N) is 1. The molecule has 0 radical (unpaired) electrons. The van der Waals surface area contributed by atoms with Crippen molar-refractivity contribution < 1.29 is 13.2 Å². The smallest absolute Gasteiger partial charge is 0.238 e. The third-order valence-electron chi connectivity index (χ3n) is 2.86. The van der Waals surface area contributed by atoms with Crippen LogP contribution >= 0.6 is 11.3 Å². The molecule has 1 saturated heterocycles. The number of hydrogen-bond donors (Lipinski definition) is 1. The molecule has 2 rings (SSSR count). The van der Waals surface area contributed by atoms with E-state index in [0.29, 0.717) is 19.5 Å². The van der Waals surface area contributed by atoms with Crippen molar-refractivity contribution in [2.24, 2.45) is 0 Å². The van der Waals surface area contributed by atoms with Gasteiger partial charge in [0.05, 0.1) is 24.0 Å². The number of hydrogen-bond acceptors (Lipinski definition) is 5. The summed E-state index contributed by atoms with van der Waals surface area (Å²) in [5.41, 5.74) is 2.48. The van der Waals surface area contributed by atoms with E-state index in [-0.39, 0.29) is 5.91 Å². The minimum absolute atomic E-state index is 0.245. The van der Waals surface area contributed by atoms with E-state index in [4.69, 9.17) is 0 Å². The number of aromatic nitrogens is 1. The Morgan fingerprint density at radius 3 is 3.06 bits per heavy atom. The summed E-state index contributed by atoms with van der Waals surface area (Å²) >= 11 is 1.46. The average molecular weight is 289 g/mol. The zero-order valence-corrected chi connectivity index (χ0v) is 11.6. The Kier molecular flexibility index (Phi) is 3.98. The first-order valence-electron chi connectivity index (χ1n) is 5.60. The van der Waals surface area contributed by atoms with Gasteiger partial charge in [0, 0.05) is 11.9 Å². The van der Waals surface area contributed by atoms with Crippen molar-refractivity contribution in [2.75, 3.05) is 12.8 Å². The molecule has 6 nitrogen and oxygen atoms in total. The third kappa shape index (κ3) is 3.06. The predicted molar refractivity (Wildman–Crippen MR) is 68.5 cm³/mol. The fourth-order valence-electron chi connectivity index (χ4n) is 2.02. The summed E-state index contributed by atoms with van der Waals surface area (Å²) in [6.07, 6.45) is 2.44. The van der Waals surface area contributed by atoms with Crippen LogP contribution in [0.5, 0.6) is 0 Å². The molecule has 0 bridgehead atoms. The van der Waals surface area contributed by atoms with Crippen LogP contribution in [0.25, 0.3) is 0 Å². The fourth-order valence-corrected chi connectivity index (χ4v) is 3.70. The van der Waals surface area contributed by atoms with Crippen molar-refractivity contribution in [1.82, 2.24) is 14.6 Å². The fraction of sp³-hybridized carbons (Fsp3) is 0.600. The maximum Gasteiger partial charge on any atom is 0.238 e. The lowest BCUT2D eigenvalue weighted by atomic mass is 10.2. The molecule has 1 amide bonds. The highest BCUT2D eigenvalue weighted by Gasteiger charge is 2.36. The maximum absolute atomic E-state index is 12.0. The Bertz CT molecular complexity index is 512. The van der Waals surface area contributed by atoms with Crippen molar-refractivity contribution in [3.63, 3.8) is 0 Å². The monoisotopic (exact) mass is 289 g/mol. The van der Waals surface area contributed by atoms with Gasteiger partial charge in [0.25, 0.3) is 0 Å². The first-order chi connectivity index (χ1) is 8.48. The van der Waals surface area contributed by atoms with E-state index in [1.807, 2.05) is 5.38 Å². The lowest BCUT2D eigenvalue weighted by Gasteiger charge is -2.21. The number of carbonyl (C=O) groups is 1. The zero-order chi connectivity index (χ0) is 13.2. The molecule has 8 heteroatoms. The summed E-state index contributed by atoms with van der Waals surface area (Å²) in [6, 6.07) is -0.571. The minimum Gasteiger partial charge on any atom is -0.349 e. The second-order valence-electron chi connectivity index (χ2n) is 4.23. The van der Waals surface area contributed by atoms with Crippen molar-refractivity contribution in [1.29, 1.82) is 0 Å². The summed E-state index contributed by atoms with van der Waals surface area (Å²) in [7, 11) is -3.31. The molecule has 18 heavy (non-hydrogen) atoms. The third-order valence-corrected chi connectivity index (χ3v) is 4.78. The summed E-state index contributed by atoms with van der Waals surface area (Å²) in [4.78, 5) is 16.0. The maximum atomic E-state index is 12.0. The van der Waals surface area contributed by atoms with Gasteiger partial charge in [-0.25, -0.2) is 13.4 Å². The standard InChI is InChI=1S/C10H15N3O3S2/c1-18(15,16)13-4-2-3-9(13)10(14)11-5-8-6-17-7-12-8/h6-7,9H,2-5H2,1H3,(H,11,14). The van der Waals surface area contributed by atoms with Crippen LogP contribution in [-0.2, 0) is 21.4 Å². The van der Waals surface area contributed by atoms with Crippen molar-refractivity contribution >= 4 is 27.3 Å². The minimum atomic E-state index is -3.31.